The van der Waals surface area contributed by atoms with Crippen molar-refractivity contribution >= 4 is 11.6 Å². The average molecular weight is 230 g/mol. The molecule has 15 heavy (non-hydrogen) atoms. The Morgan fingerprint density at radius 1 is 1.47 bits per heavy atom. The summed E-state index contributed by atoms with van der Waals surface area (Å²) in [5.74, 6) is 1.07. The van der Waals surface area contributed by atoms with Crippen molar-refractivity contribution in [2.75, 3.05) is 13.3 Å². The summed E-state index contributed by atoms with van der Waals surface area (Å²) in [6.07, 6.45) is 0.337. The molecule has 0 atom stereocenters. The topological polar surface area (TPSA) is 61.6 Å². The molecular weight excluding hydrogens is 222 g/mol. The zero-order valence-electron chi connectivity index (χ0n) is 7.73. The predicted octanol–water partition coefficient (Wildman–Crippen LogP) is 1.89. The van der Waals surface area contributed by atoms with Crippen LogP contribution >= 0.6 is 11.6 Å². The van der Waals surface area contributed by atoms with Gasteiger partial charge in [-0.15, -0.1) is 0 Å². The molecule has 0 spiro atoms. The van der Waals surface area contributed by atoms with Crippen LogP contribution in [0.1, 0.15) is 5.56 Å². The Morgan fingerprint density at radius 2 is 2.27 bits per heavy atom. The molecule has 0 radical (unpaired) electrons. The molecule has 1 heterocycles. The molecule has 6 heteroatoms. The highest BCUT2D eigenvalue weighted by molar-refractivity contribution is 6.32. The summed E-state index contributed by atoms with van der Waals surface area (Å²) in [5, 5.41) is 10.6. The first kappa shape index (κ1) is 10.0. The van der Waals surface area contributed by atoms with E-state index in [1.807, 2.05) is 0 Å². The summed E-state index contributed by atoms with van der Waals surface area (Å²) in [6.45, 7) is 0.0315. The quantitative estimate of drug-likeness (QED) is 0.587. The molecule has 0 saturated heterocycles. The molecule has 5 nitrogen and oxygen atoms in total. The lowest BCUT2D eigenvalue weighted by Gasteiger charge is -2.02. The van der Waals surface area contributed by atoms with E-state index < -0.39 is 0 Å². The van der Waals surface area contributed by atoms with Crippen LogP contribution in [0, 0.1) is 10.1 Å². The van der Waals surface area contributed by atoms with Crippen LogP contribution < -0.4 is 9.47 Å². The minimum atomic E-state index is -0.363. The molecule has 1 aliphatic rings. The number of benzene rings is 1. The third-order valence-corrected chi connectivity index (χ3v) is 2.35. The first-order valence-electron chi connectivity index (χ1n) is 4.36. The number of nitrogens with zero attached hydrogens (tertiary/aromatic N) is 1. The Balaban J connectivity index is 2.20. The molecule has 0 bridgehead atoms. The van der Waals surface area contributed by atoms with Crippen LogP contribution in [-0.2, 0) is 6.42 Å². The molecule has 0 aliphatic carbocycles. The van der Waals surface area contributed by atoms with E-state index in [0.29, 0.717) is 22.9 Å². The van der Waals surface area contributed by atoms with Crippen molar-refractivity contribution in [3.05, 3.63) is 32.8 Å². The lowest BCUT2D eigenvalue weighted by Crippen LogP contribution is -2.03. The summed E-state index contributed by atoms with van der Waals surface area (Å²) in [5.41, 5.74) is 0.779. The Morgan fingerprint density at radius 3 is 3.00 bits per heavy atom. The lowest BCUT2D eigenvalue weighted by atomic mass is 10.1. The molecule has 0 aromatic heterocycles. The minimum absolute atomic E-state index is 0.115. The zero-order valence-corrected chi connectivity index (χ0v) is 8.49. The molecule has 80 valence electrons. The van der Waals surface area contributed by atoms with Crippen LogP contribution in [0.4, 0.5) is 0 Å². The Bertz CT molecular complexity index is 407. The Kier molecular flexibility index (Phi) is 2.64. The summed E-state index contributed by atoms with van der Waals surface area (Å²) < 4.78 is 10.3. The molecule has 0 amide bonds. The van der Waals surface area contributed by atoms with E-state index in [0.717, 1.165) is 5.56 Å². The maximum atomic E-state index is 10.2. The molecular formula is C9H8ClNO4. The third-order valence-electron chi connectivity index (χ3n) is 2.07. The maximum absolute atomic E-state index is 10.2. The molecule has 0 unspecified atom stereocenters. The number of ether oxygens (including phenoxy) is 2. The van der Waals surface area contributed by atoms with Gasteiger partial charge >= 0.3 is 0 Å². The molecule has 1 aromatic carbocycles. The van der Waals surface area contributed by atoms with E-state index in [1.165, 1.54) is 0 Å². The van der Waals surface area contributed by atoms with Crippen molar-refractivity contribution < 1.29 is 14.4 Å². The van der Waals surface area contributed by atoms with E-state index in [-0.39, 0.29) is 18.3 Å². The highest BCUT2D eigenvalue weighted by atomic mass is 35.5. The second-order valence-corrected chi connectivity index (χ2v) is 3.52. The number of hydrogen-bond acceptors (Lipinski definition) is 4. The van der Waals surface area contributed by atoms with E-state index >= 15 is 0 Å². The zero-order chi connectivity index (χ0) is 10.8. The molecule has 1 aromatic rings. The summed E-state index contributed by atoms with van der Waals surface area (Å²) >= 11 is 5.92. The van der Waals surface area contributed by atoms with Gasteiger partial charge in [0.05, 0.1) is 5.02 Å². The molecule has 0 N–H and O–H groups in total. The molecule has 1 aliphatic heterocycles. The van der Waals surface area contributed by atoms with E-state index in [4.69, 9.17) is 21.1 Å². The van der Waals surface area contributed by atoms with Crippen molar-refractivity contribution in [2.45, 2.75) is 6.42 Å². The normalized spacial score (nSPS) is 12.9. The highest BCUT2D eigenvalue weighted by Gasteiger charge is 2.18. The minimum Gasteiger partial charge on any atom is -0.454 e. The van der Waals surface area contributed by atoms with E-state index in [1.54, 1.807) is 12.1 Å². The van der Waals surface area contributed by atoms with Gasteiger partial charge in [-0.25, -0.2) is 0 Å². The fourth-order valence-corrected chi connectivity index (χ4v) is 1.67. The van der Waals surface area contributed by atoms with Crippen molar-refractivity contribution in [3.63, 3.8) is 0 Å². The van der Waals surface area contributed by atoms with Crippen LogP contribution in [0.2, 0.25) is 5.02 Å². The molecule has 2 rings (SSSR count). The number of rotatable bonds is 3. The number of fused-ring (bicyclic) bond motifs is 1. The van der Waals surface area contributed by atoms with Crippen molar-refractivity contribution in [2.24, 2.45) is 0 Å². The Hall–Kier alpha value is -1.49. The van der Waals surface area contributed by atoms with Crippen LogP contribution in [0.3, 0.4) is 0 Å². The van der Waals surface area contributed by atoms with Crippen molar-refractivity contribution in [1.82, 2.24) is 0 Å². The summed E-state index contributed by atoms with van der Waals surface area (Å²) in [4.78, 5) is 9.85. The van der Waals surface area contributed by atoms with Gasteiger partial charge in [0.15, 0.2) is 11.5 Å². The monoisotopic (exact) mass is 229 g/mol. The fraction of sp³-hybridized carbons (Fsp3) is 0.333. The predicted molar refractivity (Wildman–Crippen MR) is 53.1 cm³/mol. The summed E-state index contributed by atoms with van der Waals surface area (Å²) in [6, 6.07) is 3.39. The van der Waals surface area contributed by atoms with Gasteiger partial charge in [-0.1, -0.05) is 11.6 Å². The SMILES string of the molecule is O=[N+]([O-])CCc1cc(Cl)c2c(c1)OCO2. The standard InChI is InChI=1S/C9H8ClNO4/c10-7-3-6(1-2-11(12)13)4-8-9(7)15-5-14-8/h3-4H,1-2,5H2. The van der Waals surface area contributed by atoms with E-state index in [9.17, 15) is 10.1 Å². The van der Waals surface area contributed by atoms with Gasteiger partial charge < -0.3 is 9.47 Å². The Labute approximate surface area is 90.7 Å². The van der Waals surface area contributed by atoms with Gasteiger partial charge in [0, 0.05) is 11.3 Å². The number of hydrogen-bond donors (Lipinski definition) is 0. The van der Waals surface area contributed by atoms with Gasteiger partial charge in [0.1, 0.15) is 0 Å². The van der Waals surface area contributed by atoms with Gasteiger partial charge in [0.2, 0.25) is 13.3 Å². The summed E-state index contributed by atoms with van der Waals surface area (Å²) in [7, 11) is 0. The lowest BCUT2D eigenvalue weighted by molar-refractivity contribution is -0.479. The van der Waals surface area contributed by atoms with Gasteiger partial charge in [0.25, 0.3) is 0 Å². The maximum Gasteiger partial charge on any atom is 0.231 e. The first-order chi connectivity index (χ1) is 7.16. The van der Waals surface area contributed by atoms with Crippen LogP contribution in [0.25, 0.3) is 0 Å². The van der Waals surface area contributed by atoms with Gasteiger partial charge in [-0.05, 0) is 17.7 Å². The number of halogens is 1. The van der Waals surface area contributed by atoms with Crippen molar-refractivity contribution in [3.8, 4) is 11.5 Å². The van der Waals surface area contributed by atoms with Crippen LogP contribution in [0.5, 0.6) is 11.5 Å². The van der Waals surface area contributed by atoms with Gasteiger partial charge in [-0.2, -0.15) is 0 Å². The largest absolute Gasteiger partial charge is 0.454 e. The van der Waals surface area contributed by atoms with Gasteiger partial charge in [-0.3, -0.25) is 10.1 Å². The average Bonchev–Trinajstić information content (AvgIpc) is 2.63. The fourth-order valence-electron chi connectivity index (χ4n) is 1.39. The first-order valence-corrected chi connectivity index (χ1v) is 4.74. The van der Waals surface area contributed by atoms with Crippen LogP contribution in [-0.4, -0.2) is 18.3 Å². The smallest absolute Gasteiger partial charge is 0.231 e. The second kappa shape index (κ2) is 3.94. The second-order valence-electron chi connectivity index (χ2n) is 3.12. The van der Waals surface area contributed by atoms with Crippen molar-refractivity contribution in [1.29, 1.82) is 0 Å². The van der Waals surface area contributed by atoms with E-state index in [2.05, 4.69) is 0 Å². The highest BCUT2D eigenvalue weighted by Crippen LogP contribution is 2.39. The number of nitro groups is 1. The van der Waals surface area contributed by atoms with Crippen LogP contribution in [0.15, 0.2) is 12.1 Å². The molecule has 0 fully saturated rings. The third kappa shape index (κ3) is 2.12. The molecule has 0 saturated carbocycles.